The molecule has 0 radical (unpaired) electrons. The smallest absolute Gasteiger partial charge is 0.337 e. The molecule has 2 amide bonds. The number of piperazine rings is 1. The predicted octanol–water partition coefficient (Wildman–Crippen LogP) is 1.17. The summed E-state index contributed by atoms with van der Waals surface area (Å²) in [4.78, 5) is 38.0. The number of methoxy groups -OCH3 is 1. The largest absolute Gasteiger partial charge is 0.481 e. The number of benzene rings is 1. The number of carboxylic acid groups (broad SMARTS) is 1. The average Bonchev–Trinajstić information content (AvgIpc) is 2.60. The van der Waals surface area contributed by atoms with Crippen LogP contribution in [0.1, 0.15) is 23.7 Å². The lowest BCUT2D eigenvalue weighted by molar-refractivity contribution is -0.136. The summed E-state index contributed by atoms with van der Waals surface area (Å²) in [7, 11) is 1.35. The fourth-order valence-electron chi connectivity index (χ4n) is 2.80. The molecule has 25 heavy (non-hydrogen) atoms. The molecule has 136 valence electrons. The molecule has 0 aliphatic carbocycles. The zero-order valence-corrected chi connectivity index (χ0v) is 14.4. The van der Waals surface area contributed by atoms with Crippen molar-refractivity contribution >= 4 is 23.7 Å². The van der Waals surface area contributed by atoms with Gasteiger partial charge in [0.1, 0.15) is 0 Å². The highest BCUT2D eigenvalue weighted by Crippen LogP contribution is 2.20. The lowest BCUT2D eigenvalue weighted by Gasteiger charge is -2.40. The molecule has 1 unspecified atom stereocenters. The number of amides is 2. The highest BCUT2D eigenvalue weighted by Gasteiger charge is 2.27. The average molecular weight is 349 g/mol. The summed E-state index contributed by atoms with van der Waals surface area (Å²) < 4.78 is 4.69. The fraction of sp³-hybridized carbons (Fsp3) is 0.471. The third-order valence-corrected chi connectivity index (χ3v) is 4.16. The molecule has 1 heterocycles. The maximum atomic E-state index is 12.1. The minimum atomic E-state index is -0.937. The van der Waals surface area contributed by atoms with E-state index >= 15 is 0 Å². The number of hydrogen-bond donors (Lipinski definition) is 2. The highest BCUT2D eigenvalue weighted by atomic mass is 16.5. The summed E-state index contributed by atoms with van der Waals surface area (Å²) in [5.41, 5.74) is 1.47. The molecule has 1 saturated heterocycles. The number of carboxylic acids is 1. The van der Waals surface area contributed by atoms with E-state index in [-0.39, 0.29) is 31.0 Å². The minimum Gasteiger partial charge on any atom is -0.481 e. The lowest BCUT2D eigenvalue weighted by atomic mass is 10.1. The van der Waals surface area contributed by atoms with Crippen molar-refractivity contribution in [2.75, 3.05) is 38.2 Å². The number of carbonyl (C=O) groups excluding carboxylic acids is 2. The van der Waals surface area contributed by atoms with E-state index in [1.165, 1.54) is 7.11 Å². The normalized spacial score (nSPS) is 17.1. The highest BCUT2D eigenvalue weighted by molar-refractivity contribution is 5.89. The summed E-state index contributed by atoms with van der Waals surface area (Å²) in [6, 6.07) is 6.91. The van der Waals surface area contributed by atoms with Crippen LogP contribution >= 0.6 is 0 Å². The molecule has 8 heteroatoms. The molecule has 0 aromatic heterocycles. The number of ether oxygens (including phenoxy) is 1. The second kappa shape index (κ2) is 8.36. The van der Waals surface area contributed by atoms with Gasteiger partial charge in [-0.2, -0.15) is 0 Å². The number of carbonyl (C=O) groups is 3. The van der Waals surface area contributed by atoms with Gasteiger partial charge in [-0.05, 0) is 31.2 Å². The van der Waals surface area contributed by atoms with Crippen LogP contribution < -0.4 is 10.2 Å². The zero-order chi connectivity index (χ0) is 18.4. The number of aliphatic carboxylic acids is 1. The van der Waals surface area contributed by atoms with Crippen LogP contribution in [0.15, 0.2) is 24.3 Å². The second-order valence-corrected chi connectivity index (χ2v) is 5.90. The van der Waals surface area contributed by atoms with Crippen molar-refractivity contribution in [1.29, 1.82) is 0 Å². The Hall–Kier alpha value is -2.77. The van der Waals surface area contributed by atoms with Crippen LogP contribution in [-0.4, -0.2) is 67.3 Å². The Kier molecular flexibility index (Phi) is 6.21. The van der Waals surface area contributed by atoms with Crippen LogP contribution in [-0.2, 0) is 9.53 Å². The Labute approximate surface area is 146 Å². The summed E-state index contributed by atoms with van der Waals surface area (Å²) >= 11 is 0. The van der Waals surface area contributed by atoms with Gasteiger partial charge in [-0.25, -0.2) is 9.59 Å². The Morgan fingerprint density at radius 1 is 1.24 bits per heavy atom. The first-order valence-corrected chi connectivity index (χ1v) is 8.12. The van der Waals surface area contributed by atoms with Crippen molar-refractivity contribution in [2.45, 2.75) is 19.4 Å². The first-order chi connectivity index (χ1) is 11.9. The Balaban J connectivity index is 1.91. The van der Waals surface area contributed by atoms with Gasteiger partial charge in [-0.3, -0.25) is 4.79 Å². The monoisotopic (exact) mass is 349 g/mol. The molecule has 8 nitrogen and oxygen atoms in total. The number of esters is 1. The van der Waals surface area contributed by atoms with E-state index in [1.807, 2.05) is 19.1 Å². The topological polar surface area (TPSA) is 99.2 Å². The molecule has 2 N–H and O–H groups in total. The first kappa shape index (κ1) is 18.6. The van der Waals surface area contributed by atoms with E-state index in [2.05, 4.69) is 15.0 Å². The van der Waals surface area contributed by atoms with Gasteiger partial charge in [-0.1, -0.05) is 0 Å². The van der Waals surface area contributed by atoms with E-state index in [0.29, 0.717) is 25.2 Å². The van der Waals surface area contributed by atoms with E-state index in [1.54, 1.807) is 17.0 Å². The maximum Gasteiger partial charge on any atom is 0.337 e. The molecule has 1 aliphatic rings. The molecule has 1 aromatic carbocycles. The van der Waals surface area contributed by atoms with Gasteiger partial charge in [-0.15, -0.1) is 0 Å². The van der Waals surface area contributed by atoms with Crippen molar-refractivity contribution in [3.8, 4) is 0 Å². The molecular formula is C17H23N3O5. The Morgan fingerprint density at radius 2 is 1.92 bits per heavy atom. The van der Waals surface area contributed by atoms with Gasteiger partial charge in [0.2, 0.25) is 0 Å². The summed E-state index contributed by atoms with van der Waals surface area (Å²) in [5, 5.41) is 11.2. The number of rotatable bonds is 5. The lowest BCUT2D eigenvalue weighted by Crippen LogP contribution is -2.56. The van der Waals surface area contributed by atoms with E-state index in [9.17, 15) is 14.4 Å². The van der Waals surface area contributed by atoms with E-state index in [0.717, 1.165) is 5.69 Å². The number of nitrogens with zero attached hydrogens (tertiary/aromatic N) is 2. The zero-order valence-electron chi connectivity index (χ0n) is 14.4. The third-order valence-electron chi connectivity index (χ3n) is 4.16. The molecule has 2 rings (SSSR count). The van der Waals surface area contributed by atoms with Crippen molar-refractivity contribution < 1.29 is 24.2 Å². The van der Waals surface area contributed by atoms with Crippen molar-refractivity contribution in [2.24, 2.45) is 0 Å². The third kappa shape index (κ3) is 4.85. The first-order valence-electron chi connectivity index (χ1n) is 8.12. The molecule has 0 bridgehead atoms. The van der Waals surface area contributed by atoms with Crippen LogP contribution in [0, 0.1) is 0 Å². The number of hydrogen-bond acceptors (Lipinski definition) is 5. The van der Waals surface area contributed by atoms with Crippen LogP contribution in [0.3, 0.4) is 0 Å². The maximum absolute atomic E-state index is 12.1. The minimum absolute atomic E-state index is 0.0149. The quantitative estimate of drug-likeness (QED) is 0.774. The molecular weight excluding hydrogens is 326 g/mol. The molecule has 0 saturated carbocycles. The molecule has 1 aliphatic heterocycles. The molecule has 1 fully saturated rings. The molecule has 1 aromatic rings. The van der Waals surface area contributed by atoms with Crippen LogP contribution in [0.25, 0.3) is 0 Å². The van der Waals surface area contributed by atoms with Gasteiger partial charge in [0.25, 0.3) is 0 Å². The predicted molar refractivity (Wildman–Crippen MR) is 91.8 cm³/mol. The Bertz CT molecular complexity index is 632. The Morgan fingerprint density at radius 3 is 2.48 bits per heavy atom. The molecule has 1 atom stereocenters. The van der Waals surface area contributed by atoms with Gasteiger partial charge < -0.3 is 25.0 Å². The number of nitrogens with one attached hydrogen (secondary N) is 1. The second-order valence-electron chi connectivity index (χ2n) is 5.90. The van der Waals surface area contributed by atoms with Crippen molar-refractivity contribution in [3.63, 3.8) is 0 Å². The van der Waals surface area contributed by atoms with E-state index < -0.39 is 5.97 Å². The summed E-state index contributed by atoms with van der Waals surface area (Å²) in [5.74, 6) is -1.31. The number of urea groups is 1. The number of anilines is 1. The standard InChI is InChI=1S/C17H23N3O5/c1-12-11-19(14-5-3-13(4-6-14)16(23)25-2)9-10-20(12)17(24)18-8-7-15(21)22/h3-6,12H,7-11H2,1-2H3,(H,18,24)(H,21,22). The SMILES string of the molecule is COC(=O)c1ccc(N2CCN(C(=O)NCCC(=O)O)C(C)C2)cc1. The van der Waals surface area contributed by atoms with Gasteiger partial charge >= 0.3 is 18.0 Å². The van der Waals surface area contributed by atoms with Crippen molar-refractivity contribution in [3.05, 3.63) is 29.8 Å². The summed E-state index contributed by atoms with van der Waals surface area (Å²) in [6.07, 6.45) is -0.0906. The van der Waals surface area contributed by atoms with Gasteiger partial charge in [0.05, 0.1) is 19.1 Å². The van der Waals surface area contributed by atoms with Gasteiger partial charge in [0, 0.05) is 37.9 Å². The van der Waals surface area contributed by atoms with E-state index in [4.69, 9.17) is 5.11 Å². The van der Waals surface area contributed by atoms with Crippen LogP contribution in [0.2, 0.25) is 0 Å². The van der Waals surface area contributed by atoms with Gasteiger partial charge in [0.15, 0.2) is 0 Å². The molecule has 0 spiro atoms. The van der Waals surface area contributed by atoms with Crippen LogP contribution in [0.5, 0.6) is 0 Å². The fourth-order valence-corrected chi connectivity index (χ4v) is 2.80. The van der Waals surface area contributed by atoms with Crippen LogP contribution in [0.4, 0.5) is 10.5 Å². The van der Waals surface area contributed by atoms with Crippen molar-refractivity contribution in [1.82, 2.24) is 10.2 Å². The summed E-state index contributed by atoms with van der Waals surface area (Å²) in [6.45, 7) is 3.93.